The van der Waals surface area contributed by atoms with Gasteiger partial charge in [-0.25, -0.2) is 19.2 Å². The Hall–Kier alpha value is -7.72. The van der Waals surface area contributed by atoms with Crippen molar-refractivity contribution in [2.75, 3.05) is 6.61 Å². The number of ether oxygens (including phenoxy) is 5. The molecule has 13 N–H and O–H groups in total. The number of phenols is 12. The highest BCUT2D eigenvalue weighted by atomic mass is 16.7. The van der Waals surface area contributed by atoms with Gasteiger partial charge in [0.05, 0.1) is 22.3 Å². The number of hydrogen-bond acceptors (Lipinski definition) is 22. The Morgan fingerprint density at radius 3 is 1.07 bits per heavy atom. The van der Waals surface area contributed by atoms with Gasteiger partial charge in [-0.05, 0) is 24.3 Å². The van der Waals surface area contributed by atoms with E-state index in [1.54, 1.807) is 0 Å². The molecular formula is C34H24O22. The van der Waals surface area contributed by atoms with Crippen molar-refractivity contribution in [2.24, 2.45) is 0 Å². The molecule has 4 aromatic rings. The maximum absolute atomic E-state index is 14.1. The van der Waals surface area contributed by atoms with Crippen molar-refractivity contribution in [3.8, 4) is 91.2 Å². The van der Waals surface area contributed by atoms with Gasteiger partial charge in [0, 0.05) is 22.3 Å². The van der Waals surface area contributed by atoms with Gasteiger partial charge < -0.3 is 90.1 Å². The monoisotopic (exact) mass is 784 g/mol. The van der Waals surface area contributed by atoms with Crippen LogP contribution in [-0.4, -0.2) is 128 Å². The maximum Gasteiger partial charge on any atom is 0.339 e. The largest absolute Gasteiger partial charge is 0.504 e. The lowest BCUT2D eigenvalue weighted by molar-refractivity contribution is -0.284. The SMILES string of the molecule is O=C1OC[C@H]2O[C@@H](O)[C@@H]3OC(=O)c4cc(O)c(O)c(O)c4-c4c(cc(O)c(O)c4O)C(=O)O[C@H]3[C@@H]2OC(=O)c2cc(O)c(O)c(O)c2-c2c1cc(O)c(O)c2O. The number of fused-ring (bicyclic) bond motifs is 9. The maximum atomic E-state index is 14.1. The van der Waals surface area contributed by atoms with Crippen LogP contribution in [0.1, 0.15) is 41.4 Å². The van der Waals surface area contributed by atoms with E-state index in [1.807, 2.05) is 0 Å². The van der Waals surface area contributed by atoms with Gasteiger partial charge in [0.25, 0.3) is 0 Å². The average molecular weight is 785 g/mol. The van der Waals surface area contributed by atoms with E-state index in [-0.39, 0.29) is 0 Å². The standard InChI is InChI=1S/C34H24O22/c35-10-1-6-15(23(43)19(10)39)16-7(2-11(36)20(40)24(16)44)31(48)54-27-14(5-52-30(6)47)53-34(51)29-28(27)55-32(49)8-3-12(37)21(41)25(45)17(8)18-9(33(50)56-29)4-13(38)22(42)26(18)46/h1-4,14,27-29,34-46,51H,5H2/t14-,27-,28+,29-,34-/m1/s1. The quantitative estimate of drug-likeness (QED) is 0.0661. The van der Waals surface area contributed by atoms with Crippen molar-refractivity contribution in [1.29, 1.82) is 0 Å². The molecule has 5 atom stereocenters. The molecule has 22 heteroatoms. The second-order valence-electron chi connectivity index (χ2n) is 12.3. The summed E-state index contributed by atoms with van der Waals surface area (Å²) in [7, 11) is 0. The first-order valence-corrected chi connectivity index (χ1v) is 15.6. The van der Waals surface area contributed by atoms with Crippen molar-refractivity contribution >= 4 is 23.9 Å². The number of aliphatic hydroxyl groups excluding tert-OH is 1. The highest BCUT2D eigenvalue weighted by molar-refractivity contribution is 6.10. The molecule has 0 spiro atoms. The van der Waals surface area contributed by atoms with Gasteiger partial charge in [0.15, 0.2) is 70.6 Å². The molecule has 3 heterocycles. The van der Waals surface area contributed by atoms with E-state index in [0.29, 0.717) is 24.3 Å². The van der Waals surface area contributed by atoms with Crippen LogP contribution in [-0.2, 0) is 23.7 Å². The number of hydrogen-bond donors (Lipinski definition) is 13. The Labute approximate surface area is 308 Å². The molecule has 22 nitrogen and oxygen atoms in total. The second kappa shape index (κ2) is 12.7. The van der Waals surface area contributed by atoms with Gasteiger partial charge in [-0.1, -0.05) is 0 Å². The summed E-state index contributed by atoms with van der Waals surface area (Å²) in [5.74, 6) is -21.9. The highest BCUT2D eigenvalue weighted by Gasteiger charge is 2.54. The number of carbonyl (C=O) groups excluding carboxylic acids is 4. The van der Waals surface area contributed by atoms with Gasteiger partial charge in [0.1, 0.15) is 12.7 Å². The van der Waals surface area contributed by atoms with Gasteiger partial charge in [0.2, 0.25) is 23.0 Å². The number of cyclic esters (lactones) is 1. The topological polar surface area (TPSA) is 377 Å². The molecule has 0 bridgehead atoms. The summed E-state index contributed by atoms with van der Waals surface area (Å²) < 4.78 is 27.2. The number of aliphatic hydroxyl groups is 1. The van der Waals surface area contributed by atoms with Gasteiger partial charge in [-0.3, -0.25) is 0 Å². The molecule has 292 valence electrons. The normalized spacial score (nSPS) is 21.8. The van der Waals surface area contributed by atoms with Crippen molar-refractivity contribution in [1.82, 2.24) is 0 Å². The van der Waals surface area contributed by atoms with Crippen LogP contribution >= 0.6 is 0 Å². The van der Waals surface area contributed by atoms with Crippen LogP contribution in [0, 0.1) is 0 Å². The fraction of sp³-hybridized carbons (Fsp3) is 0.176. The van der Waals surface area contributed by atoms with Crippen LogP contribution in [0.3, 0.4) is 0 Å². The first-order chi connectivity index (χ1) is 26.3. The van der Waals surface area contributed by atoms with Crippen LogP contribution in [0.2, 0.25) is 0 Å². The molecule has 0 aliphatic carbocycles. The zero-order valence-corrected chi connectivity index (χ0v) is 27.4. The number of aromatic hydroxyl groups is 12. The molecule has 3 aliphatic rings. The Bertz CT molecular complexity index is 2440. The molecule has 7 rings (SSSR count). The molecule has 0 unspecified atom stereocenters. The third-order valence-corrected chi connectivity index (χ3v) is 9.11. The van der Waals surface area contributed by atoms with E-state index in [1.165, 1.54) is 0 Å². The molecular weight excluding hydrogens is 760 g/mol. The summed E-state index contributed by atoms with van der Waals surface area (Å²) in [6.07, 6.45) is -11.1. The minimum absolute atomic E-state index is 0.465. The molecule has 0 amide bonds. The highest BCUT2D eigenvalue weighted by Crippen LogP contribution is 2.55. The third-order valence-electron chi connectivity index (χ3n) is 9.11. The Kier molecular flexibility index (Phi) is 8.31. The van der Waals surface area contributed by atoms with Crippen molar-refractivity contribution < 1.29 is 109 Å². The number of benzene rings is 4. The zero-order valence-electron chi connectivity index (χ0n) is 27.4. The molecule has 4 aromatic carbocycles. The van der Waals surface area contributed by atoms with E-state index in [2.05, 4.69) is 0 Å². The lowest BCUT2D eigenvalue weighted by Crippen LogP contribution is -2.62. The molecule has 0 aromatic heterocycles. The van der Waals surface area contributed by atoms with Crippen LogP contribution in [0.15, 0.2) is 24.3 Å². The molecule has 56 heavy (non-hydrogen) atoms. The lowest BCUT2D eigenvalue weighted by atomic mass is 9.91. The van der Waals surface area contributed by atoms with Crippen LogP contribution in [0.4, 0.5) is 0 Å². The average Bonchev–Trinajstić information content (AvgIpc) is 3.16. The van der Waals surface area contributed by atoms with Crippen LogP contribution in [0.25, 0.3) is 22.3 Å². The molecule has 0 radical (unpaired) electrons. The van der Waals surface area contributed by atoms with Crippen molar-refractivity contribution in [3.05, 3.63) is 46.5 Å². The van der Waals surface area contributed by atoms with Gasteiger partial charge in [-0.2, -0.15) is 0 Å². The number of esters is 4. The fourth-order valence-electron chi connectivity index (χ4n) is 6.46. The van der Waals surface area contributed by atoms with E-state index in [0.717, 1.165) is 0 Å². The Morgan fingerprint density at radius 2 is 0.714 bits per heavy atom. The summed E-state index contributed by atoms with van der Waals surface area (Å²) in [5, 5.41) is 137. The second-order valence-corrected chi connectivity index (χ2v) is 12.3. The Morgan fingerprint density at radius 1 is 0.411 bits per heavy atom. The molecule has 1 fully saturated rings. The first kappa shape index (κ1) is 36.6. The summed E-state index contributed by atoms with van der Waals surface area (Å²) in [6.45, 7) is -1.08. The summed E-state index contributed by atoms with van der Waals surface area (Å²) in [5.41, 5.74) is -7.76. The summed E-state index contributed by atoms with van der Waals surface area (Å²) in [4.78, 5) is 55.3. The zero-order chi connectivity index (χ0) is 40.8. The number of rotatable bonds is 0. The minimum Gasteiger partial charge on any atom is -0.504 e. The first-order valence-electron chi connectivity index (χ1n) is 15.6. The van der Waals surface area contributed by atoms with Gasteiger partial charge in [-0.15, -0.1) is 0 Å². The number of phenolic OH excluding ortho intramolecular Hbond substituents is 12. The molecule has 3 aliphatic heterocycles. The minimum atomic E-state index is -2.40. The van der Waals surface area contributed by atoms with E-state index in [9.17, 15) is 85.6 Å². The van der Waals surface area contributed by atoms with Gasteiger partial charge >= 0.3 is 23.9 Å². The van der Waals surface area contributed by atoms with Crippen molar-refractivity contribution in [2.45, 2.75) is 30.7 Å². The van der Waals surface area contributed by atoms with E-state index >= 15 is 0 Å². The lowest BCUT2D eigenvalue weighted by Gasteiger charge is -2.43. The number of carbonyl (C=O) groups is 4. The fourth-order valence-corrected chi connectivity index (χ4v) is 6.46. The molecule has 1 saturated heterocycles. The van der Waals surface area contributed by atoms with E-state index in [4.69, 9.17) is 23.7 Å². The predicted octanol–water partition coefficient (Wildman–Crippen LogP) is 0.665. The third kappa shape index (κ3) is 5.34. The van der Waals surface area contributed by atoms with Crippen LogP contribution < -0.4 is 0 Å². The molecule has 0 saturated carbocycles. The van der Waals surface area contributed by atoms with Crippen molar-refractivity contribution in [3.63, 3.8) is 0 Å². The van der Waals surface area contributed by atoms with E-state index < -0.39 is 175 Å². The summed E-state index contributed by atoms with van der Waals surface area (Å²) >= 11 is 0. The van der Waals surface area contributed by atoms with Crippen LogP contribution in [0.5, 0.6) is 69.0 Å². The smallest absolute Gasteiger partial charge is 0.339 e. The Balaban J connectivity index is 1.44. The predicted molar refractivity (Wildman–Crippen MR) is 173 cm³/mol. The summed E-state index contributed by atoms with van der Waals surface area (Å²) in [6, 6.07) is 1.96.